The first-order valence-corrected chi connectivity index (χ1v) is 9.97. The number of carbonyl (C=O) groups excluding carboxylic acids is 1. The zero-order valence-electron chi connectivity index (χ0n) is 18.5. The molecule has 0 aromatic heterocycles. The van der Waals surface area contributed by atoms with E-state index in [9.17, 15) is 9.59 Å². The Bertz CT molecular complexity index is 1040. The zero-order chi connectivity index (χ0) is 23.3. The SMILES string of the molecule is COc1ccc(C2CC(c3cc(OC)ccc3OC)=NN2C(=O)CCC(=O)O)c(OC)c1. The predicted molar refractivity (Wildman–Crippen MR) is 117 cm³/mol. The summed E-state index contributed by atoms with van der Waals surface area (Å²) >= 11 is 0. The maximum Gasteiger partial charge on any atom is 0.303 e. The van der Waals surface area contributed by atoms with E-state index in [-0.39, 0.29) is 12.8 Å². The Kier molecular flexibility index (Phi) is 7.19. The van der Waals surface area contributed by atoms with Crippen LogP contribution in [0, 0.1) is 0 Å². The van der Waals surface area contributed by atoms with Gasteiger partial charge in [-0.1, -0.05) is 0 Å². The number of hydrazone groups is 1. The molecule has 1 unspecified atom stereocenters. The molecule has 9 nitrogen and oxygen atoms in total. The molecule has 1 heterocycles. The number of rotatable bonds is 9. The van der Waals surface area contributed by atoms with Gasteiger partial charge in [0, 0.05) is 30.0 Å². The van der Waals surface area contributed by atoms with E-state index in [2.05, 4.69) is 5.10 Å². The fourth-order valence-electron chi connectivity index (χ4n) is 3.61. The smallest absolute Gasteiger partial charge is 0.303 e. The molecule has 1 aliphatic rings. The van der Waals surface area contributed by atoms with Crippen molar-refractivity contribution in [1.29, 1.82) is 0 Å². The van der Waals surface area contributed by atoms with Gasteiger partial charge in [-0.15, -0.1) is 0 Å². The molecule has 0 bridgehead atoms. The molecule has 0 aliphatic carbocycles. The molecule has 1 N–H and O–H groups in total. The molecule has 0 fully saturated rings. The minimum Gasteiger partial charge on any atom is -0.497 e. The zero-order valence-corrected chi connectivity index (χ0v) is 18.5. The number of ether oxygens (including phenoxy) is 4. The van der Waals surface area contributed by atoms with E-state index in [0.29, 0.717) is 40.7 Å². The number of hydrogen-bond acceptors (Lipinski definition) is 7. The fraction of sp³-hybridized carbons (Fsp3) is 0.348. The highest BCUT2D eigenvalue weighted by Crippen LogP contribution is 2.41. The van der Waals surface area contributed by atoms with Gasteiger partial charge in [0.1, 0.15) is 23.0 Å². The number of amides is 1. The number of carbonyl (C=O) groups is 2. The molecule has 0 spiro atoms. The Balaban J connectivity index is 2.05. The molecule has 2 aromatic rings. The van der Waals surface area contributed by atoms with Gasteiger partial charge in [0.05, 0.1) is 46.6 Å². The van der Waals surface area contributed by atoms with E-state index in [4.69, 9.17) is 24.1 Å². The lowest BCUT2D eigenvalue weighted by Crippen LogP contribution is -2.27. The maximum atomic E-state index is 12.9. The van der Waals surface area contributed by atoms with E-state index >= 15 is 0 Å². The topological polar surface area (TPSA) is 107 Å². The highest BCUT2D eigenvalue weighted by atomic mass is 16.5. The second-order valence-electron chi connectivity index (χ2n) is 7.07. The highest BCUT2D eigenvalue weighted by Gasteiger charge is 2.36. The number of nitrogens with zero attached hydrogens (tertiary/aromatic N) is 2. The lowest BCUT2D eigenvalue weighted by Gasteiger charge is -2.23. The minimum absolute atomic E-state index is 0.170. The van der Waals surface area contributed by atoms with E-state index in [1.54, 1.807) is 51.7 Å². The van der Waals surface area contributed by atoms with Gasteiger partial charge in [-0.2, -0.15) is 5.10 Å². The van der Waals surface area contributed by atoms with Crippen molar-refractivity contribution in [3.8, 4) is 23.0 Å². The van der Waals surface area contributed by atoms with Crippen LogP contribution >= 0.6 is 0 Å². The third-order valence-corrected chi connectivity index (χ3v) is 5.24. The number of methoxy groups -OCH3 is 4. The van der Waals surface area contributed by atoms with Gasteiger partial charge in [-0.25, -0.2) is 5.01 Å². The normalized spacial score (nSPS) is 15.2. The maximum absolute atomic E-state index is 12.9. The van der Waals surface area contributed by atoms with Crippen LogP contribution in [0.25, 0.3) is 0 Å². The average Bonchev–Trinajstić information content (AvgIpc) is 3.26. The molecule has 2 aromatic carbocycles. The van der Waals surface area contributed by atoms with Crippen molar-refractivity contribution in [1.82, 2.24) is 5.01 Å². The van der Waals surface area contributed by atoms with Crippen LogP contribution in [0.15, 0.2) is 41.5 Å². The molecule has 170 valence electrons. The first kappa shape index (κ1) is 22.9. The van der Waals surface area contributed by atoms with E-state index in [0.717, 1.165) is 5.56 Å². The molecule has 1 aliphatic heterocycles. The van der Waals surface area contributed by atoms with Crippen LogP contribution in [0.4, 0.5) is 0 Å². The molecule has 0 saturated carbocycles. The van der Waals surface area contributed by atoms with Crippen molar-refractivity contribution in [2.24, 2.45) is 5.10 Å². The number of benzene rings is 2. The van der Waals surface area contributed by atoms with Crippen LogP contribution in [-0.2, 0) is 9.59 Å². The molecule has 1 atom stereocenters. The van der Waals surface area contributed by atoms with E-state index in [1.165, 1.54) is 12.1 Å². The summed E-state index contributed by atoms with van der Waals surface area (Å²) in [6.45, 7) is 0. The van der Waals surface area contributed by atoms with E-state index in [1.807, 2.05) is 6.07 Å². The molecule has 0 radical (unpaired) electrons. The molecule has 9 heteroatoms. The van der Waals surface area contributed by atoms with Crippen molar-refractivity contribution >= 4 is 17.6 Å². The third kappa shape index (κ3) is 4.77. The summed E-state index contributed by atoms with van der Waals surface area (Å²) in [5.41, 5.74) is 2.04. The van der Waals surface area contributed by atoms with Crippen molar-refractivity contribution in [2.45, 2.75) is 25.3 Å². The Morgan fingerprint density at radius 2 is 1.59 bits per heavy atom. The van der Waals surface area contributed by atoms with Gasteiger partial charge in [-0.3, -0.25) is 9.59 Å². The summed E-state index contributed by atoms with van der Waals surface area (Å²) in [4.78, 5) is 24.0. The summed E-state index contributed by atoms with van der Waals surface area (Å²) in [7, 11) is 6.22. The Morgan fingerprint density at radius 3 is 2.22 bits per heavy atom. The van der Waals surface area contributed by atoms with Gasteiger partial charge in [0.2, 0.25) is 5.91 Å². The second kappa shape index (κ2) is 10.0. The molecular formula is C23H26N2O7. The van der Waals surface area contributed by atoms with Crippen LogP contribution < -0.4 is 18.9 Å². The van der Waals surface area contributed by atoms with Crippen LogP contribution in [0.2, 0.25) is 0 Å². The molecule has 32 heavy (non-hydrogen) atoms. The van der Waals surface area contributed by atoms with Crippen molar-refractivity contribution in [3.05, 3.63) is 47.5 Å². The number of aliphatic carboxylic acids is 1. The molecule has 0 saturated heterocycles. The van der Waals surface area contributed by atoms with Gasteiger partial charge in [0.25, 0.3) is 0 Å². The quantitative estimate of drug-likeness (QED) is 0.635. The predicted octanol–water partition coefficient (Wildman–Crippen LogP) is 3.26. The lowest BCUT2D eigenvalue weighted by molar-refractivity contribution is -0.141. The first-order chi connectivity index (χ1) is 15.4. The minimum atomic E-state index is -1.05. The standard InChI is InChI=1S/C23H26N2O7/c1-29-14-6-8-20(31-3)17(11-14)18-13-19(25(24-18)22(26)9-10-23(27)28)16-7-5-15(30-2)12-21(16)32-4/h5-8,11-12,19H,9-10,13H2,1-4H3,(H,27,28). The van der Waals surface area contributed by atoms with Gasteiger partial charge < -0.3 is 24.1 Å². The Labute approximate surface area is 186 Å². The Hall–Kier alpha value is -3.75. The summed E-state index contributed by atoms with van der Waals surface area (Å²) in [6.07, 6.45) is -0.0729. The van der Waals surface area contributed by atoms with Crippen molar-refractivity contribution in [3.63, 3.8) is 0 Å². The summed E-state index contributed by atoms with van der Waals surface area (Å²) in [5, 5.41) is 14.9. The number of carboxylic acids is 1. The van der Waals surface area contributed by atoms with Crippen LogP contribution in [0.5, 0.6) is 23.0 Å². The average molecular weight is 442 g/mol. The van der Waals surface area contributed by atoms with E-state index < -0.39 is 17.9 Å². The number of carboxylic acid groups (broad SMARTS) is 1. The summed E-state index contributed by atoms with van der Waals surface area (Å²) < 4.78 is 21.6. The summed E-state index contributed by atoms with van der Waals surface area (Å²) in [5.74, 6) is 0.923. The van der Waals surface area contributed by atoms with Crippen LogP contribution in [-0.4, -0.2) is 56.1 Å². The molecule has 3 rings (SSSR count). The second-order valence-corrected chi connectivity index (χ2v) is 7.07. The van der Waals surface area contributed by atoms with Crippen molar-refractivity contribution in [2.75, 3.05) is 28.4 Å². The lowest BCUT2D eigenvalue weighted by atomic mass is 9.96. The molecular weight excluding hydrogens is 416 g/mol. The number of hydrogen-bond donors (Lipinski definition) is 1. The Morgan fingerprint density at radius 1 is 0.938 bits per heavy atom. The first-order valence-electron chi connectivity index (χ1n) is 9.97. The van der Waals surface area contributed by atoms with Gasteiger partial charge in [0.15, 0.2) is 0 Å². The van der Waals surface area contributed by atoms with Crippen LogP contribution in [0.3, 0.4) is 0 Å². The van der Waals surface area contributed by atoms with Gasteiger partial charge >= 0.3 is 5.97 Å². The highest BCUT2D eigenvalue weighted by molar-refractivity contribution is 6.05. The third-order valence-electron chi connectivity index (χ3n) is 5.24. The summed E-state index contributed by atoms with van der Waals surface area (Å²) in [6, 6.07) is 10.2. The van der Waals surface area contributed by atoms with Gasteiger partial charge in [-0.05, 0) is 30.3 Å². The monoisotopic (exact) mass is 442 g/mol. The largest absolute Gasteiger partial charge is 0.497 e. The van der Waals surface area contributed by atoms with Crippen LogP contribution in [0.1, 0.15) is 36.4 Å². The van der Waals surface area contributed by atoms with Crippen molar-refractivity contribution < 1.29 is 33.6 Å². The molecule has 1 amide bonds. The fourth-order valence-corrected chi connectivity index (χ4v) is 3.61.